The van der Waals surface area contributed by atoms with Gasteiger partial charge in [-0.05, 0) is 89.3 Å². The second kappa shape index (κ2) is 11.6. The highest BCUT2D eigenvalue weighted by Gasteiger charge is 2.19. The molecule has 0 aliphatic heterocycles. The van der Waals surface area contributed by atoms with Crippen molar-refractivity contribution in [2.45, 2.75) is 0 Å². The van der Waals surface area contributed by atoms with Crippen LogP contribution in [0.3, 0.4) is 0 Å². The van der Waals surface area contributed by atoms with Crippen LogP contribution in [0.25, 0.3) is 117 Å². The topological polar surface area (TPSA) is 0 Å². The fourth-order valence-corrected chi connectivity index (χ4v) is 11.4. The van der Waals surface area contributed by atoms with E-state index in [0.717, 1.165) is 0 Å². The van der Waals surface area contributed by atoms with E-state index in [2.05, 4.69) is 182 Å². The summed E-state index contributed by atoms with van der Waals surface area (Å²) in [7, 11) is 0. The first kappa shape index (κ1) is 30.2. The lowest BCUT2D eigenvalue weighted by Crippen LogP contribution is -1.91. The van der Waals surface area contributed by atoms with Crippen molar-refractivity contribution in [2.75, 3.05) is 0 Å². The van der Waals surface area contributed by atoms with E-state index in [1.165, 1.54) is 117 Å². The third-order valence-corrected chi connectivity index (χ3v) is 13.8. The minimum Gasteiger partial charge on any atom is -0.135 e. The van der Waals surface area contributed by atoms with Gasteiger partial charge in [-0.15, -0.1) is 22.7 Å². The van der Waals surface area contributed by atoms with E-state index in [1.807, 2.05) is 22.7 Å². The molecule has 54 heavy (non-hydrogen) atoms. The summed E-state index contributed by atoms with van der Waals surface area (Å²) < 4.78 is 5.41. The van der Waals surface area contributed by atoms with E-state index >= 15 is 0 Å². The van der Waals surface area contributed by atoms with Gasteiger partial charge in [0.2, 0.25) is 0 Å². The Hall–Kier alpha value is -6.32. The zero-order chi connectivity index (χ0) is 35.3. The van der Waals surface area contributed by atoms with Crippen LogP contribution < -0.4 is 0 Å². The number of fused-ring (bicyclic) bond motifs is 12. The molecule has 0 atom stereocenters. The van der Waals surface area contributed by atoms with Crippen molar-refractivity contribution in [2.24, 2.45) is 0 Å². The van der Waals surface area contributed by atoms with Crippen molar-refractivity contribution in [3.63, 3.8) is 0 Å². The van der Waals surface area contributed by atoms with Crippen molar-refractivity contribution in [3.05, 3.63) is 182 Å². The molecule has 2 heterocycles. The molecule has 2 aromatic heterocycles. The van der Waals surface area contributed by atoms with E-state index in [-0.39, 0.29) is 0 Å². The molecule has 10 aromatic carbocycles. The minimum absolute atomic E-state index is 1.23. The molecule has 2 heteroatoms. The summed E-state index contributed by atoms with van der Waals surface area (Å²) in [6, 6.07) is 67.7. The maximum atomic E-state index is 2.39. The Bertz CT molecular complexity index is 3430. The van der Waals surface area contributed by atoms with Crippen LogP contribution in [0.15, 0.2) is 182 Å². The third-order valence-electron chi connectivity index (χ3n) is 11.5. The molecule has 0 unspecified atom stereocenters. The van der Waals surface area contributed by atoms with Crippen molar-refractivity contribution < 1.29 is 0 Å². The molecule has 0 aliphatic carbocycles. The fraction of sp³-hybridized carbons (Fsp3) is 0. The summed E-state index contributed by atoms with van der Waals surface area (Å²) in [5.41, 5.74) is 7.58. The highest BCUT2D eigenvalue weighted by molar-refractivity contribution is 7.27. The number of hydrogen-bond donors (Lipinski definition) is 0. The molecule has 12 aromatic rings. The van der Waals surface area contributed by atoms with E-state index in [1.54, 1.807) is 0 Å². The summed E-state index contributed by atoms with van der Waals surface area (Å²) in [6.07, 6.45) is 0. The molecule has 12 rings (SSSR count). The molecule has 0 N–H and O–H groups in total. The number of hydrogen-bond acceptors (Lipinski definition) is 2. The van der Waals surface area contributed by atoms with Crippen LogP contribution in [-0.4, -0.2) is 0 Å². The molecule has 250 valence electrons. The molecule has 0 saturated heterocycles. The Morgan fingerprint density at radius 3 is 1.61 bits per heavy atom. The van der Waals surface area contributed by atoms with Gasteiger partial charge in [-0.3, -0.25) is 0 Å². The van der Waals surface area contributed by atoms with Crippen molar-refractivity contribution in [1.82, 2.24) is 0 Å². The summed E-state index contributed by atoms with van der Waals surface area (Å²) in [5, 5.41) is 15.8. The molecule has 0 bridgehead atoms. The number of benzene rings is 10. The Morgan fingerprint density at radius 1 is 0.278 bits per heavy atom. The van der Waals surface area contributed by atoms with Gasteiger partial charge in [0.1, 0.15) is 0 Å². The van der Waals surface area contributed by atoms with E-state index in [9.17, 15) is 0 Å². The first-order valence-electron chi connectivity index (χ1n) is 18.5. The molecule has 0 fully saturated rings. The smallest absolute Gasteiger partial charge is 0.0434 e. The first-order valence-corrected chi connectivity index (χ1v) is 20.1. The predicted octanol–water partition coefficient (Wildman–Crippen LogP) is 16.0. The van der Waals surface area contributed by atoms with Gasteiger partial charge in [-0.25, -0.2) is 0 Å². The van der Waals surface area contributed by atoms with Crippen LogP contribution in [0.5, 0.6) is 0 Å². The summed E-state index contributed by atoms with van der Waals surface area (Å²) >= 11 is 3.81. The Labute approximate surface area is 319 Å². The van der Waals surface area contributed by atoms with Gasteiger partial charge >= 0.3 is 0 Å². The van der Waals surface area contributed by atoms with Crippen LogP contribution >= 0.6 is 22.7 Å². The maximum absolute atomic E-state index is 2.39. The highest BCUT2D eigenvalue weighted by atomic mass is 32.1. The molecule has 0 amide bonds. The molecule has 0 nitrogen and oxygen atoms in total. The molecule has 0 spiro atoms. The Balaban J connectivity index is 0.989. The van der Waals surface area contributed by atoms with Gasteiger partial charge in [0.05, 0.1) is 0 Å². The van der Waals surface area contributed by atoms with Gasteiger partial charge in [0.25, 0.3) is 0 Å². The second-order valence-corrected chi connectivity index (χ2v) is 16.5. The standard InChI is InChI=1S/C52H30S2/c1-2-12-35-32(10-1)11-9-18-37(35)50-40-16-5-3-14-38(40)49(39-15-4-6-17-41(39)50)33-22-20-31(21-23-33)34-24-25-45-48(30-34)53-47-29-28-44-42(51(45)47)26-27-43-36-13-7-8-19-46(36)54-52(43)44/h1-30H. The Morgan fingerprint density at radius 2 is 0.833 bits per heavy atom. The molecule has 0 aliphatic rings. The normalized spacial score (nSPS) is 12.1. The predicted molar refractivity (Wildman–Crippen MR) is 239 cm³/mol. The number of thiophene rings is 2. The van der Waals surface area contributed by atoms with Gasteiger partial charge < -0.3 is 0 Å². The van der Waals surface area contributed by atoms with Crippen molar-refractivity contribution in [3.8, 4) is 33.4 Å². The molecular formula is C52H30S2. The van der Waals surface area contributed by atoms with Gasteiger partial charge in [0, 0.05) is 45.7 Å². The quantitative estimate of drug-likeness (QED) is 0.160. The average molecular weight is 719 g/mol. The van der Waals surface area contributed by atoms with Crippen LogP contribution in [0, 0.1) is 0 Å². The summed E-state index contributed by atoms with van der Waals surface area (Å²) in [4.78, 5) is 0. The molecule has 0 radical (unpaired) electrons. The van der Waals surface area contributed by atoms with Crippen LogP contribution in [0.4, 0.5) is 0 Å². The highest BCUT2D eigenvalue weighted by Crippen LogP contribution is 2.47. The second-order valence-electron chi connectivity index (χ2n) is 14.3. The summed E-state index contributed by atoms with van der Waals surface area (Å²) in [5.74, 6) is 0. The maximum Gasteiger partial charge on any atom is 0.0434 e. The van der Waals surface area contributed by atoms with E-state index in [0.29, 0.717) is 0 Å². The van der Waals surface area contributed by atoms with Crippen molar-refractivity contribution in [1.29, 1.82) is 0 Å². The largest absolute Gasteiger partial charge is 0.135 e. The third kappa shape index (κ3) is 4.36. The fourth-order valence-electron chi connectivity index (χ4n) is 9.04. The zero-order valence-electron chi connectivity index (χ0n) is 29.1. The lowest BCUT2D eigenvalue weighted by Gasteiger charge is -2.19. The van der Waals surface area contributed by atoms with Crippen molar-refractivity contribution >= 4 is 106 Å². The van der Waals surface area contributed by atoms with Crippen LogP contribution in [0.2, 0.25) is 0 Å². The van der Waals surface area contributed by atoms with Gasteiger partial charge in [-0.1, -0.05) is 164 Å². The summed E-state index contributed by atoms with van der Waals surface area (Å²) in [6.45, 7) is 0. The van der Waals surface area contributed by atoms with Crippen LogP contribution in [0.1, 0.15) is 0 Å². The monoisotopic (exact) mass is 718 g/mol. The zero-order valence-corrected chi connectivity index (χ0v) is 30.8. The van der Waals surface area contributed by atoms with Gasteiger partial charge in [-0.2, -0.15) is 0 Å². The Kier molecular flexibility index (Phi) is 6.48. The first-order chi connectivity index (χ1) is 26.8. The minimum atomic E-state index is 1.23. The average Bonchev–Trinajstić information content (AvgIpc) is 3.81. The molecule has 0 saturated carbocycles. The molecular weight excluding hydrogens is 689 g/mol. The van der Waals surface area contributed by atoms with E-state index < -0.39 is 0 Å². The van der Waals surface area contributed by atoms with Gasteiger partial charge in [0.15, 0.2) is 0 Å². The van der Waals surface area contributed by atoms with E-state index in [4.69, 9.17) is 0 Å². The SMILES string of the molecule is c1ccc2c(-c3c4ccccc4c(-c4ccc(-c5ccc6c(c5)sc5ccc7c(ccc8c9ccccc9sc87)c56)cc4)c4ccccc34)cccc2c1. The number of rotatable bonds is 3. The van der Waals surface area contributed by atoms with Crippen LogP contribution in [-0.2, 0) is 0 Å². The lowest BCUT2D eigenvalue weighted by atomic mass is 9.84. The lowest BCUT2D eigenvalue weighted by molar-refractivity contribution is 1.64.